The first kappa shape index (κ1) is 16.7. The van der Waals surface area contributed by atoms with E-state index in [0.717, 1.165) is 16.9 Å². The van der Waals surface area contributed by atoms with Crippen molar-refractivity contribution < 1.29 is 9.59 Å². The van der Waals surface area contributed by atoms with Gasteiger partial charge in [0.1, 0.15) is 0 Å². The van der Waals surface area contributed by atoms with Gasteiger partial charge in [-0.1, -0.05) is 24.3 Å². The molecule has 2 aromatic rings. The molecule has 0 aliphatic heterocycles. The van der Waals surface area contributed by atoms with E-state index in [-0.39, 0.29) is 17.9 Å². The lowest BCUT2D eigenvalue weighted by Gasteiger charge is -2.27. The Bertz CT molecular complexity index is 686. The van der Waals surface area contributed by atoms with E-state index in [1.54, 1.807) is 18.1 Å². The molecule has 0 aliphatic rings. The van der Waals surface area contributed by atoms with Gasteiger partial charge in [-0.05, 0) is 23.8 Å². The zero-order valence-corrected chi connectivity index (χ0v) is 13.6. The number of nitrogens with one attached hydrogen (secondary N) is 1. The predicted molar refractivity (Wildman–Crippen MR) is 89.9 cm³/mol. The summed E-state index contributed by atoms with van der Waals surface area (Å²) >= 11 is 0. The lowest BCUT2D eigenvalue weighted by molar-refractivity contribution is -0.129. The quantitative estimate of drug-likeness (QED) is 0.923. The Kier molecular flexibility index (Phi) is 5.46. The lowest BCUT2D eigenvalue weighted by atomic mass is 9.99. The van der Waals surface area contributed by atoms with Crippen molar-refractivity contribution in [2.45, 2.75) is 26.3 Å². The van der Waals surface area contributed by atoms with Gasteiger partial charge in [-0.15, -0.1) is 0 Å². The molecule has 1 unspecified atom stereocenters. The molecule has 1 aromatic heterocycles. The first-order valence-corrected chi connectivity index (χ1v) is 7.49. The van der Waals surface area contributed by atoms with Gasteiger partial charge >= 0.3 is 0 Å². The summed E-state index contributed by atoms with van der Waals surface area (Å²) in [6.07, 6.45) is 2.29. The molecule has 120 valence electrons. The minimum absolute atomic E-state index is 0.0299. The van der Waals surface area contributed by atoms with Crippen LogP contribution in [0.25, 0.3) is 0 Å². The molecule has 23 heavy (non-hydrogen) atoms. The minimum Gasteiger partial charge on any atom is -0.337 e. The summed E-state index contributed by atoms with van der Waals surface area (Å²) in [6.45, 7) is 3.02. The Morgan fingerprint density at radius 2 is 1.83 bits per heavy atom. The largest absolute Gasteiger partial charge is 0.337 e. The fraction of sp³-hybridized carbons (Fsp3) is 0.278. The molecule has 0 fully saturated rings. The van der Waals surface area contributed by atoms with E-state index in [2.05, 4.69) is 10.3 Å². The van der Waals surface area contributed by atoms with Crippen LogP contribution in [0.4, 0.5) is 5.69 Å². The van der Waals surface area contributed by atoms with Gasteiger partial charge in [-0.25, -0.2) is 0 Å². The van der Waals surface area contributed by atoms with Crippen molar-refractivity contribution in [1.82, 2.24) is 9.88 Å². The topological polar surface area (TPSA) is 62.3 Å². The Morgan fingerprint density at radius 1 is 1.13 bits per heavy atom. The maximum atomic E-state index is 11.8. The van der Waals surface area contributed by atoms with Crippen LogP contribution >= 0.6 is 0 Å². The maximum absolute atomic E-state index is 11.8. The second-order valence-corrected chi connectivity index (χ2v) is 5.44. The van der Waals surface area contributed by atoms with Gasteiger partial charge < -0.3 is 10.2 Å². The number of benzene rings is 1. The van der Waals surface area contributed by atoms with E-state index < -0.39 is 0 Å². The smallest absolute Gasteiger partial charge is 0.221 e. The Balaban J connectivity index is 2.35. The van der Waals surface area contributed by atoms with Crippen LogP contribution in [0.2, 0.25) is 0 Å². The van der Waals surface area contributed by atoms with Gasteiger partial charge in [0.25, 0.3) is 0 Å². The number of likely N-dealkylation sites (N-methyl/N-ethyl adjacent to an activating group) is 1. The summed E-state index contributed by atoms with van der Waals surface area (Å²) in [5.74, 6) is -0.149. The van der Waals surface area contributed by atoms with E-state index in [9.17, 15) is 9.59 Å². The summed E-state index contributed by atoms with van der Waals surface area (Å²) in [4.78, 5) is 29.3. The van der Waals surface area contributed by atoms with Gasteiger partial charge in [-0.3, -0.25) is 14.6 Å². The number of para-hydroxylation sites is 1. The number of hydrogen-bond acceptors (Lipinski definition) is 3. The second kappa shape index (κ2) is 7.54. The number of carbonyl (C=O) groups is 2. The van der Waals surface area contributed by atoms with E-state index in [4.69, 9.17) is 0 Å². The van der Waals surface area contributed by atoms with Gasteiger partial charge in [0.15, 0.2) is 0 Å². The van der Waals surface area contributed by atoms with Gasteiger partial charge in [0.2, 0.25) is 11.8 Å². The fourth-order valence-electron chi connectivity index (χ4n) is 2.45. The zero-order chi connectivity index (χ0) is 16.8. The highest BCUT2D eigenvalue weighted by molar-refractivity contribution is 5.89. The molecule has 5 nitrogen and oxygen atoms in total. The van der Waals surface area contributed by atoms with Crippen LogP contribution in [-0.4, -0.2) is 28.7 Å². The first-order chi connectivity index (χ1) is 11.0. The van der Waals surface area contributed by atoms with Crippen LogP contribution in [0.1, 0.15) is 31.1 Å². The van der Waals surface area contributed by atoms with Crippen molar-refractivity contribution >= 4 is 17.5 Å². The van der Waals surface area contributed by atoms with Crippen LogP contribution < -0.4 is 5.32 Å². The molecule has 0 saturated heterocycles. The minimum atomic E-state index is -0.191. The third kappa shape index (κ3) is 4.39. The Morgan fingerprint density at radius 3 is 2.43 bits per heavy atom. The number of nitrogens with zero attached hydrogens (tertiary/aromatic N) is 2. The average Bonchev–Trinajstić information content (AvgIpc) is 2.53. The van der Waals surface area contributed by atoms with Gasteiger partial charge in [0.05, 0.1) is 11.7 Å². The third-order valence-electron chi connectivity index (χ3n) is 3.73. The summed E-state index contributed by atoms with van der Waals surface area (Å²) in [5, 5.41) is 2.84. The number of amides is 2. The number of rotatable bonds is 5. The molecule has 0 aliphatic carbocycles. The van der Waals surface area contributed by atoms with E-state index >= 15 is 0 Å². The molecule has 0 saturated carbocycles. The summed E-state index contributed by atoms with van der Waals surface area (Å²) in [7, 11) is 1.77. The first-order valence-electron chi connectivity index (χ1n) is 7.49. The van der Waals surface area contributed by atoms with Crippen LogP contribution in [0.15, 0.2) is 48.7 Å². The monoisotopic (exact) mass is 311 g/mol. The molecule has 5 heteroatoms. The van der Waals surface area contributed by atoms with Crippen LogP contribution in [0, 0.1) is 0 Å². The van der Waals surface area contributed by atoms with Crippen LogP contribution in [0.3, 0.4) is 0 Å². The third-order valence-corrected chi connectivity index (χ3v) is 3.73. The highest BCUT2D eigenvalue weighted by atomic mass is 16.2. The molecule has 0 spiro atoms. The van der Waals surface area contributed by atoms with Crippen LogP contribution in [-0.2, 0) is 16.0 Å². The molecular weight excluding hydrogens is 290 g/mol. The molecule has 0 bridgehead atoms. The van der Waals surface area contributed by atoms with E-state index in [1.165, 1.54) is 13.8 Å². The molecule has 2 amide bonds. The molecule has 2 rings (SSSR count). The number of carbonyl (C=O) groups excluding carboxylic acids is 2. The van der Waals surface area contributed by atoms with Gasteiger partial charge in [0, 0.05) is 39.2 Å². The average molecular weight is 311 g/mol. The Hall–Kier alpha value is -2.69. The van der Waals surface area contributed by atoms with Crippen molar-refractivity contribution in [2.75, 3.05) is 12.4 Å². The number of aromatic nitrogens is 1. The highest BCUT2D eigenvalue weighted by Crippen LogP contribution is 2.26. The highest BCUT2D eigenvalue weighted by Gasteiger charge is 2.22. The zero-order valence-electron chi connectivity index (χ0n) is 13.6. The number of pyridine rings is 1. The fourth-order valence-corrected chi connectivity index (χ4v) is 2.45. The summed E-state index contributed by atoms with van der Waals surface area (Å²) < 4.78 is 0. The normalized spacial score (nSPS) is 11.6. The molecular formula is C18H21N3O2. The summed E-state index contributed by atoms with van der Waals surface area (Å²) in [5.41, 5.74) is 2.55. The van der Waals surface area contributed by atoms with E-state index in [0.29, 0.717) is 6.42 Å². The van der Waals surface area contributed by atoms with Crippen molar-refractivity contribution in [1.29, 1.82) is 0 Å². The predicted octanol–water partition coefficient (Wildman–Crippen LogP) is 2.80. The number of anilines is 1. The summed E-state index contributed by atoms with van der Waals surface area (Å²) in [6, 6.07) is 13.1. The molecule has 1 aromatic carbocycles. The van der Waals surface area contributed by atoms with Crippen molar-refractivity contribution in [3.8, 4) is 0 Å². The molecule has 1 atom stereocenters. The van der Waals surface area contributed by atoms with E-state index in [1.807, 2.05) is 42.5 Å². The Labute approximate surface area is 136 Å². The molecule has 1 N–H and O–H groups in total. The van der Waals surface area contributed by atoms with Gasteiger partial charge in [-0.2, -0.15) is 0 Å². The molecule has 1 heterocycles. The van der Waals surface area contributed by atoms with Crippen LogP contribution in [0.5, 0.6) is 0 Å². The SMILES string of the molecule is CC(=O)Nc1ccccc1CC(c1ccccn1)N(C)C(C)=O. The number of hydrogen-bond donors (Lipinski definition) is 1. The molecule has 0 radical (unpaired) electrons. The van der Waals surface area contributed by atoms with Crippen molar-refractivity contribution in [3.05, 3.63) is 59.9 Å². The van der Waals surface area contributed by atoms with Crippen molar-refractivity contribution in [3.63, 3.8) is 0 Å². The van der Waals surface area contributed by atoms with Crippen molar-refractivity contribution in [2.24, 2.45) is 0 Å². The maximum Gasteiger partial charge on any atom is 0.221 e. The standard InChI is InChI=1S/C18H21N3O2/c1-13(22)20-16-9-5-4-8-15(16)12-18(21(3)14(2)23)17-10-6-7-11-19-17/h4-11,18H,12H2,1-3H3,(H,20,22). The lowest BCUT2D eigenvalue weighted by Crippen LogP contribution is -2.31. The second-order valence-electron chi connectivity index (χ2n) is 5.44.